The standard InChI is InChI=1S/C15H24N2O/c1-11(2)9-17-15(18)10-16-13(4)14-7-5-12(3)6-8-14/h5-8,11,13,16H,9-10H2,1-4H3,(H,17,18). The average molecular weight is 248 g/mol. The van der Waals surface area contributed by atoms with E-state index in [9.17, 15) is 4.79 Å². The van der Waals surface area contributed by atoms with Crippen LogP contribution in [0.5, 0.6) is 0 Å². The topological polar surface area (TPSA) is 41.1 Å². The van der Waals surface area contributed by atoms with Gasteiger partial charge in [-0.15, -0.1) is 0 Å². The zero-order valence-corrected chi connectivity index (χ0v) is 11.8. The normalized spacial score (nSPS) is 12.5. The maximum Gasteiger partial charge on any atom is 0.233 e. The molecular weight excluding hydrogens is 224 g/mol. The maximum absolute atomic E-state index is 11.6. The van der Waals surface area contributed by atoms with Crippen LogP contribution in [0.2, 0.25) is 0 Å². The monoisotopic (exact) mass is 248 g/mol. The lowest BCUT2D eigenvalue weighted by atomic mass is 10.1. The Labute approximate surface area is 110 Å². The molecule has 0 saturated carbocycles. The van der Waals surface area contributed by atoms with Gasteiger partial charge in [0.05, 0.1) is 6.54 Å². The van der Waals surface area contributed by atoms with Gasteiger partial charge in [-0.2, -0.15) is 0 Å². The molecule has 1 aromatic carbocycles. The van der Waals surface area contributed by atoms with Crippen molar-refractivity contribution in [3.63, 3.8) is 0 Å². The summed E-state index contributed by atoms with van der Waals surface area (Å²) < 4.78 is 0. The van der Waals surface area contributed by atoms with E-state index >= 15 is 0 Å². The minimum Gasteiger partial charge on any atom is -0.355 e. The lowest BCUT2D eigenvalue weighted by molar-refractivity contribution is -0.120. The lowest BCUT2D eigenvalue weighted by Gasteiger charge is -2.15. The van der Waals surface area contributed by atoms with Crippen molar-refractivity contribution in [2.75, 3.05) is 13.1 Å². The molecule has 0 aliphatic carbocycles. The van der Waals surface area contributed by atoms with Crippen molar-refractivity contribution in [2.24, 2.45) is 5.92 Å². The molecule has 1 rings (SSSR count). The predicted octanol–water partition coefficient (Wildman–Crippen LogP) is 2.42. The summed E-state index contributed by atoms with van der Waals surface area (Å²) in [5.41, 5.74) is 2.46. The van der Waals surface area contributed by atoms with E-state index in [0.717, 1.165) is 6.54 Å². The summed E-state index contributed by atoms with van der Waals surface area (Å²) >= 11 is 0. The Morgan fingerprint density at radius 1 is 1.17 bits per heavy atom. The van der Waals surface area contributed by atoms with Crippen LogP contribution in [0.25, 0.3) is 0 Å². The van der Waals surface area contributed by atoms with Crippen molar-refractivity contribution in [3.8, 4) is 0 Å². The lowest BCUT2D eigenvalue weighted by Crippen LogP contribution is -2.36. The van der Waals surface area contributed by atoms with E-state index in [2.05, 4.69) is 62.6 Å². The fourth-order valence-electron chi connectivity index (χ4n) is 1.60. The van der Waals surface area contributed by atoms with Crippen molar-refractivity contribution in [2.45, 2.75) is 33.7 Å². The smallest absolute Gasteiger partial charge is 0.233 e. The summed E-state index contributed by atoms with van der Waals surface area (Å²) in [6.07, 6.45) is 0. The van der Waals surface area contributed by atoms with Crippen LogP contribution in [0.3, 0.4) is 0 Å². The van der Waals surface area contributed by atoms with E-state index in [0.29, 0.717) is 12.5 Å². The van der Waals surface area contributed by atoms with E-state index in [4.69, 9.17) is 0 Å². The van der Waals surface area contributed by atoms with Gasteiger partial charge in [0.2, 0.25) is 5.91 Å². The molecule has 0 spiro atoms. The van der Waals surface area contributed by atoms with Gasteiger partial charge in [0.1, 0.15) is 0 Å². The van der Waals surface area contributed by atoms with Crippen molar-refractivity contribution < 1.29 is 4.79 Å². The molecule has 100 valence electrons. The van der Waals surface area contributed by atoms with Crippen LogP contribution in [0, 0.1) is 12.8 Å². The molecule has 0 fully saturated rings. The molecule has 0 radical (unpaired) electrons. The van der Waals surface area contributed by atoms with E-state index in [1.165, 1.54) is 11.1 Å². The number of rotatable bonds is 6. The van der Waals surface area contributed by atoms with Crippen LogP contribution in [-0.4, -0.2) is 19.0 Å². The third-order valence-electron chi connectivity index (χ3n) is 2.85. The van der Waals surface area contributed by atoms with Crippen LogP contribution in [0.1, 0.15) is 37.9 Å². The van der Waals surface area contributed by atoms with Gasteiger partial charge in [-0.3, -0.25) is 4.79 Å². The Hall–Kier alpha value is -1.35. The molecule has 0 aliphatic rings. The van der Waals surface area contributed by atoms with Crippen LogP contribution < -0.4 is 10.6 Å². The van der Waals surface area contributed by atoms with Gasteiger partial charge < -0.3 is 10.6 Å². The molecule has 1 atom stereocenters. The third-order valence-corrected chi connectivity index (χ3v) is 2.85. The van der Waals surface area contributed by atoms with E-state index in [1.807, 2.05) is 0 Å². The molecule has 1 aromatic rings. The highest BCUT2D eigenvalue weighted by Crippen LogP contribution is 2.12. The number of carbonyl (C=O) groups excluding carboxylic acids is 1. The van der Waals surface area contributed by atoms with Gasteiger partial charge in [0.25, 0.3) is 0 Å². The molecule has 0 bridgehead atoms. The Morgan fingerprint density at radius 2 is 1.78 bits per heavy atom. The molecule has 0 aromatic heterocycles. The van der Waals surface area contributed by atoms with Crippen molar-refractivity contribution in [1.82, 2.24) is 10.6 Å². The number of aryl methyl sites for hydroxylation is 1. The van der Waals surface area contributed by atoms with Gasteiger partial charge in [0, 0.05) is 12.6 Å². The van der Waals surface area contributed by atoms with Crippen LogP contribution >= 0.6 is 0 Å². The minimum atomic E-state index is 0.0580. The number of carbonyl (C=O) groups is 1. The second kappa shape index (κ2) is 7.17. The fourth-order valence-corrected chi connectivity index (χ4v) is 1.60. The molecule has 0 saturated heterocycles. The van der Waals surface area contributed by atoms with E-state index in [1.54, 1.807) is 0 Å². The summed E-state index contributed by atoms with van der Waals surface area (Å²) in [6.45, 7) is 9.41. The maximum atomic E-state index is 11.6. The first kappa shape index (κ1) is 14.7. The summed E-state index contributed by atoms with van der Waals surface area (Å²) in [6, 6.07) is 8.56. The Morgan fingerprint density at radius 3 is 2.33 bits per heavy atom. The quantitative estimate of drug-likeness (QED) is 0.811. The minimum absolute atomic E-state index is 0.0580. The molecule has 0 heterocycles. The van der Waals surface area contributed by atoms with Crippen LogP contribution in [-0.2, 0) is 4.79 Å². The van der Waals surface area contributed by atoms with Gasteiger partial charge >= 0.3 is 0 Å². The number of hydrogen-bond acceptors (Lipinski definition) is 2. The highest BCUT2D eigenvalue weighted by molar-refractivity contribution is 5.78. The van der Waals surface area contributed by atoms with E-state index < -0.39 is 0 Å². The summed E-state index contributed by atoms with van der Waals surface area (Å²) in [5.74, 6) is 0.547. The summed E-state index contributed by atoms with van der Waals surface area (Å²) in [5, 5.41) is 6.13. The van der Waals surface area contributed by atoms with E-state index in [-0.39, 0.29) is 11.9 Å². The average Bonchev–Trinajstić information content (AvgIpc) is 2.34. The first-order valence-corrected chi connectivity index (χ1v) is 6.55. The van der Waals surface area contributed by atoms with Gasteiger partial charge in [-0.25, -0.2) is 0 Å². The first-order valence-electron chi connectivity index (χ1n) is 6.55. The molecule has 3 nitrogen and oxygen atoms in total. The number of amides is 1. The van der Waals surface area contributed by atoms with Crippen LogP contribution in [0.4, 0.5) is 0 Å². The fraction of sp³-hybridized carbons (Fsp3) is 0.533. The van der Waals surface area contributed by atoms with Gasteiger partial charge in [-0.1, -0.05) is 43.7 Å². The third kappa shape index (κ3) is 5.32. The number of benzene rings is 1. The highest BCUT2D eigenvalue weighted by atomic mass is 16.1. The molecule has 18 heavy (non-hydrogen) atoms. The molecule has 2 N–H and O–H groups in total. The van der Waals surface area contributed by atoms with Crippen molar-refractivity contribution in [1.29, 1.82) is 0 Å². The first-order chi connectivity index (χ1) is 8.49. The zero-order valence-electron chi connectivity index (χ0n) is 11.8. The van der Waals surface area contributed by atoms with Gasteiger partial charge in [0.15, 0.2) is 0 Å². The predicted molar refractivity (Wildman–Crippen MR) is 75.4 cm³/mol. The molecule has 1 amide bonds. The van der Waals surface area contributed by atoms with Crippen LogP contribution in [0.15, 0.2) is 24.3 Å². The molecular formula is C15H24N2O. The molecule has 0 aliphatic heterocycles. The Balaban J connectivity index is 2.34. The summed E-state index contributed by atoms with van der Waals surface area (Å²) in [7, 11) is 0. The largest absolute Gasteiger partial charge is 0.355 e. The van der Waals surface area contributed by atoms with Crippen molar-refractivity contribution in [3.05, 3.63) is 35.4 Å². The second-order valence-electron chi connectivity index (χ2n) is 5.21. The number of nitrogens with one attached hydrogen (secondary N) is 2. The summed E-state index contributed by atoms with van der Waals surface area (Å²) in [4.78, 5) is 11.6. The SMILES string of the molecule is Cc1ccc(C(C)NCC(=O)NCC(C)C)cc1. The molecule has 1 unspecified atom stereocenters. The Kier molecular flexibility index (Phi) is 5.86. The number of hydrogen-bond donors (Lipinski definition) is 2. The van der Waals surface area contributed by atoms with Gasteiger partial charge in [-0.05, 0) is 25.3 Å². The Bertz CT molecular complexity index is 371. The van der Waals surface area contributed by atoms with Crippen molar-refractivity contribution >= 4 is 5.91 Å². The highest BCUT2D eigenvalue weighted by Gasteiger charge is 2.07. The second-order valence-corrected chi connectivity index (χ2v) is 5.21. The molecule has 3 heteroatoms. The zero-order chi connectivity index (χ0) is 13.5.